The van der Waals surface area contributed by atoms with Crippen molar-refractivity contribution < 1.29 is 9.59 Å². The highest BCUT2D eigenvalue weighted by molar-refractivity contribution is 7.12. The predicted molar refractivity (Wildman–Crippen MR) is 93.5 cm³/mol. The van der Waals surface area contributed by atoms with E-state index in [4.69, 9.17) is 5.73 Å². The van der Waals surface area contributed by atoms with E-state index in [0.29, 0.717) is 18.0 Å². The highest BCUT2D eigenvalue weighted by Gasteiger charge is 2.33. The maximum absolute atomic E-state index is 12.6. The average Bonchev–Trinajstić information content (AvgIpc) is 3.13. The van der Waals surface area contributed by atoms with Gasteiger partial charge in [-0.15, -0.1) is 11.3 Å². The molecule has 23 heavy (non-hydrogen) atoms. The van der Waals surface area contributed by atoms with Gasteiger partial charge in [0, 0.05) is 18.6 Å². The van der Waals surface area contributed by atoms with Crippen molar-refractivity contribution in [2.45, 2.75) is 57.5 Å². The van der Waals surface area contributed by atoms with E-state index in [1.54, 1.807) is 4.90 Å². The number of carbonyl (C=O) groups is 2. The van der Waals surface area contributed by atoms with Crippen LogP contribution >= 0.6 is 11.3 Å². The Morgan fingerprint density at radius 3 is 2.74 bits per heavy atom. The number of nitrogens with one attached hydrogen (secondary N) is 1. The van der Waals surface area contributed by atoms with Gasteiger partial charge in [-0.2, -0.15) is 0 Å². The lowest BCUT2D eigenvalue weighted by molar-refractivity contribution is -0.126. The van der Waals surface area contributed by atoms with E-state index < -0.39 is 0 Å². The van der Waals surface area contributed by atoms with Crippen molar-refractivity contribution in [1.29, 1.82) is 0 Å². The fourth-order valence-electron chi connectivity index (χ4n) is 2.87. The second kappa shape index (κ2) is 7.93. The van der Waals surface area contributed by atoms with Gasteiger partial charge in [0.1, 0.15) is 6.04 Å². The second-order valence-electron chi connectivity index (χ2n) is 6.27. The van der Waals surface area contributed by atoms with Crippen LogP contribution < -0.4 is 11.1 Å². The molecule has 1 aliphatic rings. The first-order valence-corrected chi connectivity index (χ1v) is 9.30. The summed E-state index contributed by atoms with van der Waals surface area (Å²) in [5, 5.41) is 4.86. The van der Waals surface area contributed by atoms with Gasteiger partial charge in [0.15, 0.2) is 0 Å². The molecule has 1 aromatic rings. The molecule has 1 fully saturated rings. The molecule has 0 aromatic carbocycles. The molecule has 6 heteroatoms. The van der Waals surface area contributed by atoms with E-state index in [1.807, 2.05) is 31.4 Å². The van der Waals surface area contributed by atoms with Crippen LogP contribution in [0.25, 0.3) is 0 Å². The van der Waals surface area contributed by atoms with Gasteiger partial charge in [0.25, 0.3) is 5.91 Å². The zero-order chi connectivity index (χ0) is 16.9. The molecule has 1 atom stereocenters. The van der Waals surface area contributed by atoms with E-state index in [-0.39, 0.29) is 23.4 Å². The molecule has 1 unspecified atom stereocenters. The fraction of sp³-hybridized carbons (Fsp3) is 0.647. The number of hydrogen-bond donors (Lipinski definition) is 2. The molecule has 0 saturated carbocycles. The Morgan fingerprint density at radius 1 is 1.39 bits per heavy atom. The number of carbonyl (C=O) groups excluding carboxylic acids is 2. The molecule has 1 saturated heterocycles. The Labute approximate surface area is 142 Å². The Morgan fingerprint density at radius 2 is 2.13 bits per heavy atom. The van der Waals surface area contributed by atoms with Crippen LogP contribution in [0.2, 0.25) is 0 Å². The summed E-state index contributed by atoms with van der Waals surface area (Å²) in [4.78, 5) is 27.6. The number of thiophene rings is 1. The first kappa shape index (κ1) is 17.9. The molecular formula is C17H27N3O2S. The Balaban J connectivity index is 2.03. The molecule has 1 aliphatic heterocycles. The monoisotopic (exact) mass is 337 g/mol. The van der Waals surface area contributed by atoms with Gasteiger partial charge in [-0.3, -0.25) is 9.59 Å². The SMILES string of the molecule is CCC(N)(CC)CNC(=O)C1CCCCN1C(=O)c1cccs1. The zero-order valence-corrected chi connectivity index (χ0v) is 14.8. The first-order valence-electron chi connectivity index (χ1n) is 8.42. The minimum Gasteiger partial charge on any atom is -0.352 e. The molecule has 0 bridgehead atoms. The fourth-order valence-corrected chi connectivity index (χ4v) is 3.55. The van der Waals surface area contributed by atoms with Crippen molar-refractivity contribution in [1.82, 2.24) is 10.2 Å². The van der Waals surface area contributed by atoms with Crippen LogP contribution in [0.15, 0.2) is 17.5 Å². The third-order valence-electron chi connectivity index (χ3n) is 4.82. The molecule has 2 heterocycles. The van der Waals surface area contributed by atoms with Crippen LogP contribution in [-0.4, -0.2) is 41.4 Å². The van der Waals surface area contributed by atoms with Crippen LogP contribution in [0.1, 0.15) is 55.6 Å². The average molecular weight is 337 g/mol. The van der Waals surface area contributed by atoms with E-state index in [9.17, 15) is 9.59 Å². The molecule has 0 spiro atoms. The van der Waals surface area contributed by atoms with Crippen LogP contribution in [0.4, 0.5) is 0 Å². The zero-order valence-electron chi connectivity index (χ0n) is 14.0. The lowest BCUT2D eigenvalue weighted by atomic mass is 9.93. The van der Waals surface area contributed by atoms with Crippen LogP contribution in [0.3, 0.4) is 0 Å². The van der Waals surface area contributed by atoms with Crippen LogP contribution in [0, 0.1) is 0 Å². The van der Waals surface area contributed by atoms with E-state index >= 15 is 0 Å². The summed E-state index contributed by atoms with van der Waals surface area (Å²) in [6.07, 6.45) is 4.27. The van der Waals surface area contributed by atoms with E-state index in [2.05, 4.69) is 5.32 Å². The number of nitrogens with two attached hydrogens (primary N) is 1. The molecule has 3 N–H and O–H groups in total. The van der Waals surface area contributed by atoms with E-state index in [1.165, 1.54) is 11.3 Å². The summed E-state index contributed by atoms with van der Waals surface area (Å²) >= 11 is 1.42. The van der Waals surface area contributed by atoms with Crippen LogP contribution in [0.5, 0.6) is 0 Å². The van der Waals surface area contributed by atoms with Crippen molar-refractivity contribution in [3.8, 4) is 0 Å². The maximum atomic E-state index is 12.6. The highest BCUT2D eigenvalue weighted by atomic mass is 32.1. The molecule has 5 nitrogen and oxygen atoms in total. The van der Waals surface area contributed by atoms with Crippen molar-refractivity contribution in [2.24, 2.45) is 5.73 Å². The van der Waals surface area contributed by atoms with Gasteiger partial charge < -0.3 is 16.0 Å². The smallest absolute Gasteiger partial charge is 0.264 e. The Kier molecular flexibility index (Phi) is 6.18. The molecule has 1 aromatic heterocycles. The maximum Gasteiger partial charge on any atom is 0.264 e. The van der Waals surface area contributed by atoms with Gasteiger partial charge in [-0.25, -0.2) is 0 Å². The summed E-state index contributed by atoms with van der Waals surface area (Å²) in [5.74, 6) is -0.115. The molecule has 2 rings (SSSR count). The number of rotatable bonds is 6. The third kappa shape index (κ3) is 4.32. The molecule has 0 aliphatic carbocycles. The molecule has 128 valence electrons. The number of hydrogen-bond acceptors (Lipinski definition) is 4. The summed E-state index contributed by atoms with van der Waals surface area (Å²) in [7, 11) is 0. The Hall–Kier alpha value is -1.40. The summed E-state index contributed by atoms with van der Waals surface area (Å²) in [5.41, 5.74) is 5.88. The standard InChI is InChI=1S/C17H27N3O2S/c1-3-17(18,4-2)12-19-15(21)13-8-5-6-10-20(13)16(22)14-9-7-11-23-14/h7,9,11,13H,3-6,8,10,12,18H2,1-2H3,(H,19,21). The lowest BCUT2D eigenvalue weighted by Crippen LogP contribution is -2.56. The van der Waals surface area contributed by atoms with Crippen molar-refractivity contribution >= 4 is 23.2 Å². The number of amides is 2. The first-order chi connectivity index (χ1) is 11.0. The summed E-state index contributed by atoms with van der Waals surface area (Å²) in [6.45, 7) is 5.16. The van der Waals surface area contributed by atoms with E-state index in [0.717, 1.165) is 32.1 Å². The molecule has 0 radical (unpaired) electrons. The number of piperidine rings is 1. The van der Waals surface area contributed by atoms with Gasteiger partial charge in [-0.05, 0) is 43.6 Å². The van der Waals surface area contributed by atoms with Crippen molar-refractivity contribution in [3.05, 3.63) is 22.4 Å². The predicted octanol–water partition coefficient (Wildman–Crippen LogP) is 2.38. The summed E-state index contributed by atoms with van der Waals surface area (Å²) in [6, 6.07) is 3.30. The molecule has 2 amide bonds. The van der Waals surface area contributed by atoms with Crippen molar-refractivity contribution in [3.63, 3.8) is 0 Å². The summed E-state index contributed by atoms with van der Waals surface area (Å²) < 4.78 is 0. The minimum atomic E-state index is -0.378. The van der Waals surface area contributed by atoms with Gasteiger partial charge in [0.05, 0.1) is 4.88 Å². The minimum absolute atomic E-state index is 0.0372. The second-order valence-corrected chi connectivity index (χ2v) is 7.22. The normalized spacial score (nSPS) is 18.7. The van der Waals surface area contributed by atoms with Gasteiger partial charge in [0.2, 0.25) is 5.91 Å². The van der Waals surface area contributed by atoms with Gasteiger partial charge >= 0.3 is 0 Å². The number of nitrogens with zero attached hydrogens (tertiary/aromatic N) is 1. The Bertz CT molecular complexity index is 526. The highest BCUT2D eigenvalue weighted by Crippen LogP contribution is 2.22. The topological polar surface area (TPSA) is 75.4 Å². The molecular weight excluding hydrogens is 310 g/mol. The van der Waals surface area contributed by atoms with Gasteiger partial charge in [-0.1, -0.05) is 19.9 Å². The lowest BCUT2D eigenvalue weighted by Gasteiger charge is -2.35. The quantitative estimate of drug-likeness (QED) is 0.837. The largest absolute Gasteiger partial charge is 0.352 e. The third-order valence-corrected chi connectivity index (χ3v) is 5.68. The number of likely N-dealkylation sites (tertiary alicyclic amines) is 1. The van der Waals surface area contributed by atoms with Crippen LogP contribution in [-0.2, 0) is 4.79 Å². The van der Waals surface area contributed by atoms with Crippen molar-refractivity contribution in [2.75, 3.05) is 13.1 Å².